The Morgan fingerprint density at radius 2 is 1.92 bits per heavy atom. The van der Waals surface area contributed by atoms with Gasteiger partial charge in [-0.2, -0.15) is 0 Å². The summed E-state index contributed by atoms with van der Waals surface area (Å²) in [6.45, 7) is 3.96. The highest BCUT2D eigenvalue weighted by Crippen LogP contribution is 2.47. The lowest BCUT2D eigenvalue weighted by atomic mass is 9.60. The molecular formula is C20H27NO3. The lowest BCUT2D eigenvalue weighted by Crippen LogP contribution is -2.62. The van der Waals surface area contributed by atoms with Gasteiger partial charge >= 0.3 is 5.97 Å². The van der Waals surface area contributed by atoms with E-state index in [-0.39, 0.29) is 23.5 Å². The van der Waals surface area contributed by atoms with Gasteiger partial charge in [-0.1, -0.05) is 30.3 Å². The van der Waals surface area contributed by atoms with Gasteiger partial charge in [0.25, 0.3) is 0 Å². The summed E-state index contributed by atoms with van der Waals surface area (Å²) in [5, 5.41) is 3.71. The molecule has 4 heteroatoms. The molecule has 24 heavy (non-hydrogen) atoms. The highest BCUT2D eigenvalue weighted by Gasteiger charge is 2.51. The summed E-state index contributed by atoms with van der Waals surface area (Å²) in [5.74, 6) is 0.678. The number of fused-ring (bicyclic) bond motifs is 2. The zero-order valence-electron chi connectivity index (χ0n) is 14.6. The molecule has 130 valence electrons. The molecule has 3 rings (SSSR count). The van der Waals surface area contributed by atoms with Crippen molar-refractivity contribution in [2.45, 2.75) is 64.1 Å². The Labute approximate surface area is 144 Å². The summed E-state index contributed by atoms with van der Waals surface area (Å²) in [4.78, 5) is 23.5. The van der Waals surface area contributed by atoms with Gasteiger partial charge in [0.1, 0.15) is 11.9 Å². The molecule has 2 saturated carbocycles. The van der Waals surface area contributed by atoms with E-state index in [1.807, 2.05) is 18.2 Å². The Bertz CT molecular complexity index is 600. The lowest BCUT2D eigenvalue weighted by molar-refractivity contribution is -0.159. The Kier molecular flexibility index (Phi) is 5.04. The number of ketones is 1. The molecule has 0 heterocycles. The van der Waals surface area contributed by atoms with Crippen molar-refractivity contribution in [3.05, 3.63) is 35.9 Å². The van der Waals surface area contributed by atoms with Crippen molar-refractivity contribution in [3.63, 3.8) is 0 Å². The molecule has 4 unspecified atom stereocenters. The van der Waals surface area contributed by atoms with Crippen molar-refractivity contribution in [2.24, 2.45) is 11.8 Å². The van der Waals surface area contributed by atoms with Crippen molar-refractivity contribution in [1.82, 2.24) is 5.32 Å². The number of rotatable bonds is 5. The first-order valence-corrected chi connectivity index (χ1v) is 8.97. The Morgan fingerprint density at radius 3 is 2.58 bits per heavy atom. The lowest BCUT2D eigenvalue weighted by Gasteiger charge is -2.52. The largest absolute Gasteiger partial charge is 0.461 e. The van der Waals surface area contributed by atoms with Crippen LogP contribution in [0.15, 0.2) is 30.3 Å². The zero-order chi connectivity index (χ0) is 17.2. The van der Waals surface area contributed by atoms with Crippen molar-refractivity contribution >= 4 is 11.8 Å². The van der Waals surface area contributed by atoms with Crippen LogP contribution in [-0.4, -0.2) is 23.4 Å². The molecule has 1 N–H and O–H groups in total. The van der Waals surface area contributed by atoms with Crippen LogP contribution in [0, 0.1) is 11.8 Å². The number of carbonyl (C=O) groups excluding carboxylic acids is 2. The molecule has 4 nitrogen and oxygen atoms in total. The molecule has 0 amide bonds. The van der Waals surface area contributed by atoms with E-state index in [4.69, 9.17) is 4.74 Å². The maximum Gasteiger partial charge on any atom is 0.302 e. The van der Waals surface area contributed by atoms with Crippen molar-refractivity contribution < 1.29 is 14.3 Å². The van der Waals surface area contributed by atoms with Crippen LogP contribution in [0.25, 0.3) is 0 Å². The molecule has 2 aliphatic rings. The summed E-state index contributed by atoms with van der Waals surface area (Å²) in [5.41, 5.74) is 1.03. The second-order valence-electron chi connectivity index (χ2n) is 7.39. The summed E-state index contributed by atoms with van der Waals surface area (Å²) in [7, 11) is 0. The molecule has 0 aromatic heterocycles. The minimum Gasteiger partial charge on any atom is -0.461 e. The molecule has 1 aromatic carbocycles. The Balaban J connectivity index is 1.78. The van der Waals surface area contributed by atoms with Crippen LogP contribution in [0.5, 0.6) is 0 Å². The van der Waals surface area contributed by atoms with E-state index in [1.54, 1.807) is 6.92 Å². The number of benzene rings is 1. The van der Waals surface area contributed by atoms with Gasteiger partial charge in [0.05, 0.1) is 5.54 Å². The van der Waals surface area contributed by atoms with Gasteiger partial charge in [-0.3, -0.25) is 9.59 Å². The van der Waals surface area contributed by atoms with Gasteiger partial charge in [-0.15, -0.1) is 0 Å². The summed E-state index contributed by atoms with van der Waals surface area (Å²) in [6.07, 6.45) is 4.41. The summed E-state index contributed by atoms with van der Waals surface area (Å²) in [6, 6.07) is 10.3. The number of carbonyl (C=O) groups is 2. The number of nitrogens with one attached hydrogen (secondary N) is 1. The van der Waals surface area contributed by atoms with Crippen LogP contribution in [0.3, 0.4) is 0 Å². The number of hydrogen-bond donors (Lipinski definition) is 1. The van der Waals surface area contributed by atoms with Crippen LogP contribution >= 0.6 is 0 Å². The molecule has 2 fully saturated rings. The van der Waals surface area contributed by atoms with Crippen LogP contribution in [0.2, 0.25) is 0 Å². The van der Waals surface area contributed by atoms with E-state index < -0.39 is 0 Å². The molecule has 0 saturated heterocycles. The van der Waals surface area contributed by atoms with Gasteiger partial charge in [-0.25, -0.2) is 0 Å². The van der Waals surface area contributed by atoms with Crippen molar-refractivity contribution in [1.29, 1.82) is 0 Å². The number of Topliss-reactive ketones (excluding diaryl/α,β-unsaturated/α-hetero) is 1. The van der Waals surface area contributed by atoms with Gasteiger partial charge in [0, 0.05) is 19.4 Å². The van der Waals surface area contributed by atoms with E-state index in [0.29, 0.717) is 11.7 Å². The summed E-state index contributed by atoms with van der Waals surface area (Å²) >= 11 is 0. The first kappa shape index (κ1) is 17.2. The number of ether oxygens (including phenoxy) is 1. The van der Waals surface area contributed by atoms with Crippen LogP contribution < -0.4 is 5.32 Å². The maximum atomic E-state index is 11.9. The zero-order valence-corrected chi connectivity index (χ0v) is 14.6. The van der Waals surface area contributed by atoms with Crippen LogP contribution in [0.1, 0.15) is 51.5 Å². The van der Waals surface area contributed by atoms with Crippen LogP contribution in [0.4, 0.5) is 0 Å². The predicted octanol–water partition coefficient (Wildman–Crippen LogP) is 3.25. The topological polar surface area (TPSA) is 55.4 Å². The average Bonchev–Trinajstić information content (AvgIpc) is 2.56. The van der Waals surface area contributed by atoms with Gasteiger partial charge < -0.3 is 10.1 Å². The smallest absolute Gasteiger partial charge is 0.302 e. The van der Waals surface area contributed by atoms with Gasteiger partial charge in [-0.05, 0) is 50.5 Å². The predicted molar refractivity (Wildman–Crippen MR) is 92.3 cm³/mol. The second kappa shape index (κ2) is 7.06. The highest BCUT2D eigenvalue weighted by molar-refractivity contribution is 5.78. The molecule has 4 atom stereocenters. The monoisotopic (exact) mass is 329 g/mol. The highest BCUT2D eigenvalue weighted by atomic mass is 16.5. The van der Waals surface area contributed by atoms with E-state index in [9.17, 15) is 9.59 Å². The van der Waals surface area contributed by atoms with E-state index in [1.165, 1.54) is 12.5 Å². The minimum absolute atomic E-state index is 0.0946. The number of esters is 1. The molecule has 0 aliphatic heterocycles. The number of hydrogen-bond acceptors (Lipinski definition) is 4. The first-order chi connectivity index (χ1) is 11.5. The molecule has 2 aliphatic carbocycles. The molecule has 2 bridgehead atoms. The summed E-state index contributed by atoms with van der Waals surface area (Å²) < 4.78 is 5.68. The molecule has 1 aromatic rings. The van der Waals surface area contributed by atoms with Gasteiger partial charge in [0.15, 0.2) is 0 Å². The second-order valence-corrected chi connectivity index (χ2v) is 7.39. The maximum absolute atomic E-state index is 11.9. The van der Waals surface area contributed by atoms with E-state index >= 15 is 0 Å². The third-order valence-corrected chi connectivity index (χ3v) is 5.83. The average molecular weight is 329 g/mol. The van der Waals surface area contributed by atoms with E-state index in [0.717, 1.165) is 38.6 Å². The van der Waals surface area contributed by atoms with Gasteiger partial charge in [0.2, 0.25) is 0 Å². The standard InChI is InChI=1S/C20H27NO3/c1-14(22)18-10-11-20(21-13-16-6-4-3-5-7-16)12-17(18)8-9-19(20)24-15(2)23/h3-7,17-19,21H,8-13H2,1-2H3. The third kappa shape index (κ3) is 3.54. The molecule has 0 spiro atoms. The van der Waals surface area contributed by atoms with Crippen molar-refractivity contribution in [2.75, 3.05) is 0 Å². The molecular weight excluding hydrogens is 302 g/mol. The fraction of sp³-hybridized carbons (Fsp3) is 0.600. The minimum atomic E-state index is -0.215. The van der Waals surface area contributed by atoms with Crippen molar-refractivity contribution in [3.8, 4) is 0 Å². The van der Waals surface area contributed by atoms with E-state index in [2.05, 4.69) is 17.4 Å². The molecule has 0 radical (unpaired) electrons. The third-order valence-electron chi connectivity index (χ3n) is 5.83. The Morgan fingerprint density at radius 1 is 1.17 bits per heavy atom. The SMILES string of the molecule is CC(=O)OC1CCC2CC1(NCc1ccccc1)CCC2C(C)=O. The normalized spacial score (nSPS) is 32.2. The Hall–Kier alpha value is -1.68. The van der Waals surface area contributed by atoms with Crippen LogP contribution in [-0.2, 0) is 20.9 Å². The quantitative estimate of drug-likeness (QED) is 0.843. The fourth-order valence-electron chi connectivity index (χ4n) is 4.65. The first-order valence-electron chi connectivity index (χ1n) is 8.97. The fourth-order valence-corrected chi connectivity index (χ4v) is 4.65.